The van der Waals surface area contributed by atoms with Crippen molar-refractivity contribution >= 4 is 0 Å². The summed E-state index contributed by atoms with van der Waals surface area (Å²) < 4.78 is 0. The molecule has 0 aromatic rings. The number of hydrogen-bond donors (Lipinski definition) is 0. The van der Waals surface area contributed by atoms with Gasteiger partial charge in [-0.1, -0.05) is 26.7 Å². The van der Waals surface area contributed by atoms with Gasteiger partial charge in [-0.05, 0) is 25.2 Å². The van der Waals surface area contributed by atoms with Crippen LogP contribution in [0.5, 0.6) is 0 Å². The summed E-state index contributed by atoms with van der Waals surface area (Å²) in [4.78, 5) is 5.63. The molecule has 2 heteroatoms. The molecule has 1 rings (SSSR count). The lowest BCUT2D eigenvalue weighted by atomic mass is 9.86. The number of hydroxylamine groups is 2. The number of rotatable bonds is 4. The van der Waals surface area contributed by atoms with Crippen molar-refractivity contribution in [3.05, 3.63) is 0 Å². The topological polar surface area (TPSA) is 12.5 Å². The highest BCUT2D eigenvalue weighted by Crippen LogP contribution is 2.27. The van der Waals surface area contributed by atoms with Gasteiger partial charge in [-0.3, -0.25) is 4.84 Å². The monoisotopic (exact) mass is 185 g/mol. The molecule has 1 aliphatic rings. The molecule has 78 valence electrons. The van der Waals surface area contributed by atoms with Gasteiger partial charge in [-0.15, -0.1) is 0 Å². The average Bonchev–Trinajstić information content (AvgIpc) is 2.15. The van der Waals surface area contributed by atoms with E-state index in [0.29, 0.717) is 6.04 Å². The van der Waals surface area contributed by atoms with E-state index in [4.69, 9.17) is 4.84 Å². The quantitative estimate of drug-likeness (QED) is 0.624. The third kappa shape index (κ3) is 3.28. The smallest absolute Gasteiger partial charge is 0.0682 e. The molecule has 13 heavy (non-hydrogen) atoms. The van der Waals surface area contributed by atoms with Crippen molar-refractivity contribution in [2.45, 2.75) is 52.0 Å². The van der Waals surface area contributed by atoms with Crippen LogP contribution >= 0.6 is 0 Å². The van der Waals surface area contributed by atoms with Crippen molar-refractivity contribution in [3.63, 3.8) is 0 Å². The highest BCUT2D eigenvalue weighted by molar-refractivity contribution is 4.76. The summed E-state index contributed by atoms with van der Waals surface area (Å²) in [5.41, 5.74) is 0. The minimum atomic E-state index is 0.653. The fourth-order valence-electron chi connectivity index (χ4n) is 2.17. The molecule has 0 radical (unpaired) electrons. The van der Waals surface area contributed by atoms with Crippen LogP contribution < -0.4 is 0 Å². The van der Waals surface area contributed by atoms with Crippen LogP contribution in [0.3, 0.4) is 0 Å². The second-order valence-electron chi connectivity index (χ2n) is 4.21. The molecule has 0 aliphatic heterocycles. The molecule has 0 amide bonds. The fraction of sp³-hybridized carbons (Fsp3) is 1.00. The van der Waals surface area contributed by atoms with Gasteiger partial charge in [0.2, 0.25) is 0 Å². The maximum absolute atomic E-state index is 5.63. The van der Waals surface area contributed by atoms with Gasteiger partial charge >= 0.3 is 0 Å². The lowest BCUT2D eigenvalue weighted by molar-refractivity contribution is -0.183. The predicted octanol–water partition coefficient (Wildman–Crippen LogP) is 2.84. The third-order valence-electron chi connectivity index (χ3n) is 3.03. The Balaban J connectivity index is 2.30. The maximum Gasteiger partial charge on any atom is 0.0682 e. The molecule has 0 N–H and O–H groups in total. The zero-order valence-electron chi connectivity index (χ0n) is 9.25. The Morgan fingerprint density at radius 3 is 2.62 bits per heavy atom. The van der Waals surface area contributed by atoms with E-state index in [0.717, 1.165) is 18.9 Å². The maximum atomic E-state index is 5.63. The Bertz CT molecular complexity index is 138. The normalized spacial score (nSPS) is 29.5. The molecule has 2 unspecified atom stereocenters. The summed E-state index contributed by atoms with van der Waals surface area (Å²) in [7, 11) is 2.09. The Morgan fingerprint density at radius 1 is 1.31 bits per heavy atom. The highest BCUT2D eigenvalue weighted by Gasteiger charge is 2.25. The van der Waals surface area contributed by atoms with Crippen LogP contribution in [0.2, 0.25) is 0 Å². The zero-order chi connectivity index (χ0) is 9.68. The molecule has 0 bridgehead atoms. The molecular formula is C11H23NO. The van der Waals surface area contributed by atoms with Gasteiger partial charge in [0.25, 0.3) is 0 Å². The van der Waals surface area contributed by atoms with Gasteiger partial charge in [-0.25, -0.2) is 0 Å². The van der Waals surface area contributed by atoms with Gasteiger partial charge in [0.05, 0.1) is 6.61 Å². The lowest BCUT2D eigenvalue weighted by Crippen LogP contribution is -2.39. The zero-order valence-corrected chi connectivity index (χ0v) is 9.25. The van der Waals surface area contributed by atoms with E-state index in [1.165, 1.54) is 25.7 Å². The first-order valence-electron chi connectivity index (χ1n) is 5.61. The van der Waals surface area contributed by atoms with E-state index >= 15 is 0 Å². The minimum absolute atomic E-state index is 0.653. The predicted molar refractivity (Wildman–Crippen MR) is 55.4 cm³/mol. The largest absolute Gasteiger partial charge is 0.299 e. The van der Waals surface area contributed by atoms with Gasteiger partial charge in [-0.2, -0.15) is 5.06 Å². The van der Waals surface area contributed by atoms with Crippen LogP contribution in [-0.4, -0.2) is 24.8 Å². The molecule has 0 saturated heterocycles. The van der Waals surface area contributed by atoms with Crippen molar-refractivity contribution in [3.8, 4) is 0 Å². The van der Waals surface area contributed by atoms with Crippen molar-refractivity contribution in [2.24, 2.45) is 5.92 Å². The first-order chi connectivity index (χ1) is 6.25. The van der Waals surface area contributed by atoms with Gasteiger partial charge in [0.1, 0.15) is 0 Å². The summed E-state index contributed by atoms with van der Waals surface area (Å²) in [6, 6.07) is 0.653. The summed E-state index contributed by atoms with van der Waals surface area (Å²) in [5.74, 6) is 0.801. The van der Waals surface area contributed by atoms with Gasteiger partial charge < -0.3 is 0 Å². The summed E-state index contributed by atoms with van der Waals surface area (Å²) in [6.07, 6.45) is 6.55. The van der Waals surface area contributed by atoms with E-state index in [1.807, 2.05) is 0 Å². The van der Waals surface area contributed by atoms with E-state index in [2.05, 4.69) is 26.0 Å². The molecule has 0 aromatic carbocycles. The van der Waals surface area contributed by atoms with Crippen molar-refractivity contribution in [1.82, 2.24) is 5.06 Å². The molecular weight excluding hydrogens is 162 g/mol. The highest BCUT2D eigenvalue weighted by atomic mass is 16.7. The van der Waals surface area contributed by atoms with Crippen LogP contribution in [-0.2, 0) is 4.84 Å². The molecule has 1 saturated carbocycles. The Morgan fingerprint density at radius 2 is 2.00 bits per heavy atom. The van der Waals surface area contributed by atoms with Gasteiger partial charge in [0, 0.05) is 13.1 Å². The first-order valence-corrected chi connectivity index (χ1v) is 5.61. The van der Waals surface area contributed by atoms with E-state index < -0.39 is 0 Å². The summed E-state index contributed by atoms with van der Waals surface area (Å²) in [6.45, 7) is 5.35. The number of hydrogen-bond acceptors (Lipinski definition) is 2. The third-order valence-corrected chi connectivity index (χ3v) is 3.03. The molecule has 1 fully saturated rings. The van der Waals surface area contributed by atoms with E-state index in [1.54, 1.807) is 0 Å². The Labute approximate surface area is 82.2 Å². The van der Waals surface area contributed by atoms with Crippen LogP contribution in [0.15, 0.2) is 0 Å². The van der Waals surface area contributed by atoms with Crippen molar-refractivity contribution < 1.29 is 4.84 Å². The molecule has 2 atom stereocenters. The number of nitrogens with zero attached hydrogens (tertiary/aromatic N) is 1. The average molecular weight is 185 g/mol. The van der Waals surface area contributed by atoms with Crippen molar-refractivity contribution in [1.29, 1.82) is 0 Å². The van der Waals surface area contributed by atoms with E-state index in [9.17, 15) is 0 Å². The SMILES string of the molecule is CCCON(C)C1CCCCC1C. The molecule has 0 aromatic heterocycles. The lowest BCUT2D eigenvalue weighted by Gasteiger charge is -2.35. The van der Waals surface area contributed by atoms with Crippen LogP contribution in [0.1, 0.15) is 46.0 Å². The minimum Gasteiger partial charge on any atom is -0.299 e. The Kier molecular flexibility index (Phi) is 4.74. The van der Waals surface area contributed by atoms with E-state index in [-0.39, 0.29) is 0 Å². The summed E-state index contributed by atoms with van der Waals surface area (Å²) >= 11 is 0. The standard InChI is InChI=1S/C11H23NO/c1-4-9-13-12(3)11-8-6-5-7-10(11)2/h10-11H,4-9H2,1-3H3. The molecule has 0 spiro atoms. The second-order valence-corrected chi connectivity index (χ2v) is 4.21. The van der Waals surface area contributed by atoms with Crippen molar-refractivity contribution in [2.75, 3.05) is 13.7 Å². The molecule has 1 aliphatic carbocycles. The first kappa shape index (κ1) is 11.0. The van der Waals surface area contributed by atoms with Crippen LogP contribution in [0.25, 0.3) is 0 Å². The van der Waals surface area contributed by atoms with Crippen LogP contribution in [0, 0.1) is 5.92 Å². The molecule has 0 heterocycles. The van der Waals surface area contributed by atoms with Crippen LogP contribution in [0.4, 0.5) is 0 Å². The van der Waals surface area contributed by atoms with Gasteiger partial charge in [0.15, 0.2) is 0 Å². The Hall–Kier alpha value is -0.0800. The second kappa shape index (κ2) is 5.61. The fourth-order valence-corrected chi connectivity index (χ4v) is 2.17. The molecule has 2 nitrogen and oxygen atoms in total. The summed E-state index contributed by atoms with van der Waals surface area (Å²) in [5, 5.41) is 2.09.